The normalized spacial score (nSPS) is 22.9. The number of nitrogens with one attached hydrogen (secondary N) is 1. The van der Waals surface area contributed by atoms with E-state index in [-0.39, 0.29) is 12.2 Å². The van der Waals surface area contributed by atoms with Crippen LogP contribution in [0.4, 0.5) is 0 Å². The first-order chi connectivity index (χ1) is 10.1. The number of hydrogen-bond acceptors (Lipinski definition) is 5. The molecule has 0 aromatic carbocycles. The Labute approximate surface area is 124 Å². The summed E-state index contributed by atoms with van der Waals surface area (Å²) >= 11 is 0. The monoisotopic (exact) mass is 290 g/mol. The zero-order chi connectivity index (χ0) is 14.8. The van der Waals surface area contributed by atoms with Crippen LogP contribution in [0.5, 0.6) is 5.88 Å². The van der Waals surface area contributed by atoms with E-state index in [1.54, 1.807) is 6.20 Å². The minimum absolute atomic E-state index is 0.0586. The average Bonchev–Trinajstić information content (AvgIpc) is 2.90. The molecule has 1 saturated heterocycles. The first kappa shape index (κ1) is 14.3. The van der Waals surface area contributed by atoms with E-state index in [2.05, 4.69) is 36.2 Å². The molecule has 0 bridgehead atoms. The zero-order valence-corrected chi connectivity index (χ0v) is 12.7. The van der Waals surface area contributed by atoms with Gasteiger partial charge >= 0.3 is 0 Å². The maximum absolute atomic E-state index is 5.86. The van der Waals surface area contributed by atoms with Gasteiger partial charge in [0.15, 0.2) is 0 Å². The Balaban J connectivity index is 1.74. The van der Waals surface area contributed by atoms with Gasteiger partial charge in [0.2, 0.25) is 5.88 Å². The standard InChI is InChI=1S/C15H22N4O2/c1-10(2)13-6-14-15(17-4-5-19(14)18-13)20-9-12-8-16-7-11(3)21-12/h4-6,10-12,16H,7-9H2,1-3H3. The van der Waals surface area contributed by atoms with E-state index in [1.165, 1.54) is 0 Å². The quantitative estimate of drug-likeness (QED) is 0.927. The number of aromatic nitrogens is 3. The molecule has 2 atom stereocenters. The molecule has 2 aromatic heterocycles. The first-order valence-corrected chi connectivity index (χ1v) is 7.46. The van der Waals surface area contributed by atoms with Crippen LogP contribution in [0.1, 0.15) is 32.4 Å². The smallest absolute Gasteiger partial charge is 0.240 e. The van der Waals surface area contributed by atoms with Gasteiger partial charge in [0, 0.05) is 25.5 Å². The second-order valence-electron chi connectivity index (χ2n) is 5.82. The lowest BCUT2D eigenvalue weighted by atomic mass is 10.1. The number of nitrogens with zero attached hydrogens (tertiary/aromatic N) is 3. The van der Waals surface area contributed by atoms with Gasteiger partial charge in [-0.1, -0.05) is 13.8 Å². The van der Waals surface area contributed by atoms with Gasteiger partial charge in [-0.2, -0.15) is 5.10 Å². The van der Waals surface area contributed by atoms with E-state index in [4.69, 9.17) is 9.47 Å². The second-order valence-corrected chi connectivity index (χ2v) is 5.82. The molecule has 2 aromatic rings. The maximum Gasteiger partial charge on any atom is 0.240 e. The lowest BCUT2D eigenvalue weighted by molar-refractivity contribution is -0.0474. The van der Waals surface area contributed by atoms with Crippen LogP contribution >= 0.6 is 0 Å². The Bertz CT molecular complexity index is 611. The van der Waals surface area contributed by atoms with Crippen molar-refractivity contribution in [2.75, 3.05) is 19.7 Å². The highest BCUT2D eigenvalue weighted by atomic mass is 16.5. The van der Waals surface area contributed by atoms with Gasteiger partial charge in [-0.3, -0.25) is 0 Å². The molecular formula is C15H22N4O2. The van der Waals surface area contributed by atoms with Gasteiger partial charge in [0.1, 0.15) is 18.2 Å². The molecule has 3 heterocycles. The summed E-state index contributed by atoms with van der Waals surface area (Å²) in [6.07, 6.45) is 3.83. The van der Waals surface area contributed by atoms with Gasteiger partial charge in [0.25, 0.3) is 0 Å². The summed E-state index contributed by atoms with van der Waals surface area (Å²) in [7, 11) is 0. The molecule has 6 heteroatoms. The minimum atomic E-state index is 0.0586. The fraction of sp³-hybridized carbons (Fsp3) is 0.600. The molecule has 1 aliphatic rings. The van der Waals surface area contributed by atoms with Crippen LogP contribution in [0, 0.1) is 0 Å². The van der Waals surface area contributed by atoms with Crippen molar-refractivity contribution in [1.29, 1.82) is 0 Å². The Kier molecular flexibility index (Phi) is 4.07. The lowest BCUT2D eigenvalue weighted by Crippen LogP contribution is -2.45. The molecule has 114 valence electrons. The van der Waals surface area contributed by atoms with Gasteiger partial charge in [-0.25, -0.2) is 9.50 Å². The van der Waals surface area contributed by atoms with Crippen LogP contribution in [0.15, 0.2) is 18.5 Å². The molecular weight excluding hydrogens is 268 g/mol. The zero-order valence-electron chi connectivity index (χ0n) is 12.7. The fourth-order valence-corrected chi connectivity index (χ4v) is 2.45. The number of ether oxygens (including phenoxy) is 2. The highest BCUT2D eigenvalue weighted by Crippen LogP contribution is 2.21. The molecule has 1 fully saturated rings. The van der Waals surface area contributed by atoms with E-state index < -0.39 is 0 Å². The molecule has 1 N–H and O–H groups in total. The number of fused-ring (bicyclic) bond motifs is 1. The van der Waals surface area contributed by atoms with Gasteiger partial charge < -0.3 is 14.8 Å². The lowest BCUT2D eigenvalue weighted by Gasteiger charge is -2.28. The summed E-state index contributed by atoms with van der Waals surface area (Å²) in [6.45, 7) is 8.50. The Morgan fingerprint density at radius 2 is 2.33 bits per heavy atom. The molecule has 0 spiro atoms. The Morgan fingerprint density at radius 3 is 3.10 bits per heavy atom. The van der Waals surface area contributed by atoms with Crippen LogP contribution in [0.25, 0.3) is 5.52 Å². The number of hydrogen-bond donors (Lipinski definition) is 1. The summed E-state index contributed by atoms with van der Waals surface area (Å²) in [5.41, 5.74) is 1.94. The van der Waals surface area contributed by atoms with Crippen LogP contribution < -0.4 is 10.1 Å². The minimum Gasteiger partial charge on any atom is -0.473 e. The molecule has 0 radical (unpaired) electrons. The highest BCUT2D eigenvalue weighted by molar-refractivity contribution is 5.56. The summed E-state index contributed by atoms with van der Waals surface area (Å²) in [5.74, 6) is 0.989. The van der Waals surface area contributed by atoms with Crippen molar-refractivity contribution in [1.82, 2.24) is 19.9 Å². The summed E-state index contributed by atoms with van der Waals surface area (Å²) in [5, 5.41) is 7.87. The molecule has 2 unspecified atom stereocenters. The highest BCUT2D eigenvalue weighted by Gasteiger charge is 2.20. The first-order valence-electron chi connectivity index (χ1n) is 7.46. The molecule has 3 rings (SSSR count). The topological polar surface area (TPSA) is 60.7 Å². The third-order valence-corrected chi connectivity index (χ3v) is 3.60. The van der Waals surface area contributed by atoms with Crippen LogP contribution in [-0.4, -0.2) is 46.5 Å². The largest absolute Gasteiger partial charge is 0.473 e. The summed E-state index contributed by atoms with van der Waals surface area (Å²) in [4.78, 5) is 4.32. The predicted molar refractivity (Wildman–Crippen MR) is 79.8 cm³/mol. The van der Waals surface area contributed by atoms with Gasteiger partial charge in [0.05, 0.1) is 11.8 Å². The van der Waals surface area contributed by atoms with Crippen molar-refractivity contribution in [3.63, 3.8) is 0 Å². The van der Waals surface area contributed by atoms with Crippen molar-refractivity contribution < 1.29 is 9.47 Å². The van der Waals surface area contributed by atoms with E-state index in [1.807, 2.05) is 16.8 Å². The van der Waals surface area contributed by atoms with Crippen molar-refractivity contribution in [2.45, 2.75) is 38.9 Å². The van der Waals surface area contributed by atoms with Crippen LogP contribution in [0.2, 0.25) is 0 Å². The SMILES string of the molecule is CC1CNCC(COc2nccn3nc(C(C)C)cc23)O1. The van der Waals surface area contributed by atoms with Crippen LogP contribution in [-0.2, 0) is 4.74 Å². The van der Waals surface area contributed by atoms with Gasteiger partial charge in [-0.05, 0) is 18.9 Å². The van der Waals surface area contributed by atoms with Crippen molar-refractivity contribution >= 4 is 5.52 Å². The van der Waals surface area contributed by atoms with E-state index in [0.717, 1.165) is 24.3 Å². The van der Waals surface area contributed by atoms with E-state index in [0.29, 0.717) is 18.4 Å². The van der Waals surface area contributed by atoms with Crippen molar-refractivity contribution in [3.05, 3.63) is 24.2 Å². The number of morpholine rings is 1. The average molecular weight is 290 g/mol. The van der Waals surface area contributed by atoms with Gasteiger partial charge in [-0.15, -0.1) is 0 Å². The van der Waals surface area contributed by atoms with E-state index in [9.17, 15) is 0 Å². The second kappa shape index (κ2) is 5.99. The molecule has 0 saturated carbocycles. The summed E-state index contributed by atoms with van der Waals surface area (Å²) in [6, 6.07) is 2.04. The fourth-order valence-electron chi connectivity index (χ4n) is 2.45. The molecule has 0 amide bonds. The molecule has 6 nitrogen and oxygen atoms in total. The Hall–Kier alpha value is -1.66. The molecule has 0 aliphatic carbocycles. The third-order valence-electron chi connectivity index (χ3n) is 3.60. The molecule has 21 heavy (non-hydrogen) atoms. The number of rotatable bonds is 4. The molecule has 1 aliphatic heterocycles. The summed E-state index contributed by atoms with van der Waals surface area (Å²) < 4.78 is 13.5. The van der Waals surface area contributed by atoms with E-state index >= 15 is 0 Å². The third kappa shape index (κ3) is 3.16. The van der Waals surface area contributed by atoms with Crippen molar-refractivity contribution in [2.24, 2.45) is 0 Å². The predicted octanol–water partition coefficient (Wildman–Crippen LogP) is 1.61. The van der Waals surface area contributed by atoms with Crippen molar-refractivity contribution in [3.8, 4) is 5.88 Å². The maximum atomic E-state index is 5.86. The Morgan fingerprint density at radius 1 is 1.48 bits per heavy atom. The van der Waals surface area contributed by atoms with Crippen LogP contribution in [0.3, 0.4) is 0 Å².